The third kappa shape index (κ3) is 4.29. The summed E-state index contributed by atoms with van der Waals surface area (Å²) in [5, 5.41) is 20.7. The number of anilines is 3. The number of aliphatic hydroxyl groups is 1. The number of pyridine rings is 1. The van der Waals surface area contributed by atoms with E-state index in [2.05, 4.69) is 10.3 Å². The second kappa shape index (κ2) is 8.85. The highest BCUT2D eigenvalue weighted by Crippen LogP contribution is 2.37. The molecule has 1 aromatic heterocycles. The van der Waals surface area contributed by atoms with Gasteiger partial charge in [-0.05, 0) is 50.3 Å². The molecular weight excluding hydrogens is 442 g/mol. The summed E-state index contributed by atoms with van der Waals surface area (Å²) in [4.78, 5) is 32.2. The average molecular weight is 460 g/mol. The number of thiocarbonyl (C=S) groups is 1. The summed E-state index contributed by atoms with van der Waals surface area (Å²) < 4.78 is 4.79. The van der Waals surface area contributed by atoms with Gasteiger partial charge in [0, 0.05) is 18.0 Å². The van der Waals surface area contributed by atoms with Crippen molar-refractivity contribution < 1.29 is 19.4 Å². The molecule has 2 amide bonds. The van der Waals surface area contributed by atoms with Crippen molar-refractivity contribution in [1.82, 2.24) is 4.98 Å². The van der Waals surface area contributed by atoms with Crippen LogP contribution in [0.25, 0.3) is 0 Å². The number of rotatable bonds is 5. The Hall–Kier alpha value is -3.26. The van der Waals surface area contributed by atoms with Crippen LogP contribution in [0.15, 0.2) is 36.5 Å². The summed E-state index contributed by atoms with van der Waals surface area (Å²) >= 11 is 11.7. The fourth-order valence-corrected chi connectivity index (χ4v) is 3.78. The first-order chi connectivity index (χ1) is 14.7. The van der Waals surface area contributed by atoms with E-state index in [1.807, 2.05) is 6.07 Å². The molecule has 160 valence electrons. The highest BCUT2D eigenvalue weighted by molar-refractivity contribution is 7.81. The van der Waals surface area contributed by atoms with Crippen LogP contribution in [0.5, 0.6) is 0 Å². The van der Waals surface area contributed by atoms with Gasteiger partial charge in [-0.15, -0.1) is 0 Å². The van der Waals surface area contributed by atoms with Gasteiger partial charge in [-0.3, -0.25) is 19.9 Å². The van der Waals surface area contributed by atoms with Crippen molar-refractivity contribution in [2.75, 3.05) is 28.3 Å². The van der Waals surface area contributed by atoms with Gasteiger partial charge in [0.05, 0.1) is 22.9 Å². The predicted octanol–water partition coefficient (Wildman–Crippen LogP) is 3.06. The van der Waals surface area contributed by atoms with Crippen LogP contribution in [0.1, 0.15) is 19.4 Å². The second-order valence-corrected chi connectivity index (χ2v) is 7.75. The number of nitriles is 1. The lowest BCUT2D eigenvalue weighted by Gasteiger charge is -2.28. The summed E-state index contributed by atoms with van der Waals surface area (Å²) in [6.07, 6.45) is 0.723. The third-order valence-electron chi connectivity index (χ3n) is 4.54. The number of carbonyl (C=O) groups excluding carboxylic acids is 2. The van der Waals surface area contributed by atoms with E-state index in [1.54, 1.807) is 36.9 Å². The molecule has 0 aliphatic carbocycles. The highest BCUT2D eigenvalue weighted by atomic mass is 35.5. The van der Waals surface area contributed by atoms with Gasteiger partial charge in [0.15, 0.2) is 5.11 Å². The summed E-state index contributed by atoms with van der Waals surface area (Å²) in [7, 11) is 0. The molecule has 9 nitrogen and oxygen atoms in total. The van der Waals surface area contributed by atoms with Crippen LogP contribution < -0.4 is 15.1 Å². The first kappa shape index (κ1) is 22.4. The van der Waals surface area contributed by atoms with Gasteiger partial charge in [-0.2, -0.15) is 5.26 Å². The molecule has 0 spiro atoms. The van der Waals surface area contributed by atoms with Gasteiger partial charge >= 0.3 is 6.09 Å². The molecule has 2 heterocycles. The quantitative estimate of drug-likeness (QED) is 0.655. The van der Waals surface area contributed by atoms with Gasteiger partial charge in [-0.1, -0.05) is 11.6 Å². The SMILES string of the molecule is CC1(C)C(=O)N(c2ccc(C#N)c(Cl)c2)C(=S)N1c1cc(NC(=O)OCCO)ccn1. The van der Waals surface area contributed by atoms with Gasteiger partial charge < -0.3 is 9.84 Å². The van der Waals surface area contributed by atoms with Crippen molar-refractivity contribution in [3.8, 4) is 6.07 Å². The Balaban J connectivity index is 1.94. The van der Waals surface area contributed by atoms with E-state index in [-0.39, 0.29) is 34.8 Å². The Morgan fingerprint density at radius 2 is 2.13 bits per heavy atom. The lowest BCUT2D eigenvalue weighted by atomic mass is 10.0. The number of nitrogens with zero attached hydrogens (tertiary/aromatic N) is 4. The first-order valence-electron chi connectivity index (χ1n) is 9.09. The predicted molar refractivity (Wildman–Crippen MR) is 119 cm³/mol. The van der Waals surface area contributed by atoms with Gasteiger partial charge in [0.25, 0.3) is 5.91 Å². The minimum absolute atomic E-state index is 0.135. The van der Waals surface area contributed by atoms with Crippen molar-refractivity contribution >= 4 is 58.1 Å². The number of amides is 2. The fraction of sp³-hybridized carbons (Fsp3) is 0.250. The Bertz CT molecular complexity index is 1100. The number of benzene rings is 1. The maximum absolute atomic E-state index is 13.2. The van der Waals surface area contributed by atoms with Crippen molar-refractivity contribution in [3.05, 3.63) is 47.1 Å². The van der Waals surface area contributed by atoms with E-state index in [4.69, 9.17) is 38.9 Å². The van der Waals surface area contributed by atoms with Crippen molar-refractivity contribution in [3.63, 3.8) is 0 Å². The molecule has 0 saturated carbocycles. The maximum Gasteiger partial charge on any atom is 0.411 e. The van der Waals surface area contributed by atoms with Crippen LogP contribution in [-0.4, -0.2) is 46.0 Å². The summed E-state index contributed by atoms with van der Waals surface area (Å²) in [6.45, 7) is 2.97. The smallest absolute Gasteiger partial charge is 0.411 e. The molecule has 2 N–H and O–H groups in total. The Morgan fingerprint density at radius 1 is 1.39 bits per heavy atom. The highest BCUT2D eigenvalue weighted by Gasteiger charge is 2.51. The van der Waals surface area contributed by atoms with E-state index in [1.165, 1.54) is 23.2 Å². The molecule has 11 heteroatoms. The summed E-state index contributed by atoms with van der Waals surface area (Å²) in [5.41, 5.74) is 0.00318. The monoisotopic (exact) mass is 459 g/mol. The normalized spacial score (nSPS) is 15.1. The molecule has 1 fully saturated rings. The zero-order valence-electron chi connectivity index (χ0n) is 16.6. The van der Waals surface area contributed by atoms with Gasteiger partial charge in [-0.25, -0.2) is 9.78 Å². The number of aliphatic hydroxyl groups excluding tert-OH is 1. The molecule has 1 aliphatic rings. The lowest BCUT2D eigenvalue weighted by molar-refractivity contribution is -0.120. The number of aromatic nitrogens is 1. The Labute approximate surface area is 188 Å². The number of hydrogen-bond acceptors (Lipinski definition) is 7. The van der Waals surface area contributed by atoms with E-state index in [9.17, 15) is 9.59 Å². The molecule has 1 aromatic carbocycles. The summed E-state index contributed by atoms with van der Waals surface area (Å²) in [5.74, 6) is 0.0337. The van der Waals surface area contributed by atoms with E-state index < -0.39 is 11.6 Å². The minimum Gasteiger partial charge on any atom is -0.447 e. The average Bonchev–Trinajstić information content (AvgIpc) is 2.90. The number of ether oxygens (including phenoxy) is 1. The van der Waals surface area contributed by atoms with Crippen LogP contribution in [0.2, 0.25) is 5.02 Å². The summed E-state index contributed by atoms with van der Waals surface area (Å²) in [6, 6.07) is 9.70. The molecule has 0 unspecified atom stereocenters. The zero-order valence-corrected chi connectivity index (χ0v) is 18.2. The largest absolute Gasteiger partial charge is 0.447 e. The molecule has 1 aliphatic heterocycles. The molecule has 1 saturated heterocycles. The number of hydrogen-bond donors (Lipinski definition) is 2. The number of carbonyl (C=O) groups is 2. The standard InChI is InChI=1S/C20H18ClN5O4S/c1-20(2)17(28)25(14-4-3-12(11-22)15(21)10-14)19(31)26(20)16-9-13(5-6-23-16)24-18(29)30-8-7-27/h3-6,9-10,27H,7-8H2,1-2H3,(H,23,24,29). The molecule has 3 rings (SSSR count). The zero-order chi connectivity index (χ0) is 22.8. The molecule has 0 bridgehead atoms. The van der Waals surface area contributed by atoms with Crippen molar-refractivity contribution in [1.29, 1.82) is 5.26 Å². The minimum atomic E-state index is -1.08. The van der Waals surface area contributed by atoms with Crippen LogP contribution >= 0.6 is 23.8 Å². The Morgan fingerprint density at radius 3 is 2.77 bits per heavy atom. The molecule has 31 heavy (non-hydrogen) atoms. The van der Waals surface area contributed by atoms with Crippen molar-refractivity contribution in [2.45, 2.75) is 19.4 Å². The van der Waals surface area contributed by atoms with Crippen molar-refractivity contribution in [2.24, 2.45) is 0 Å². The van der Waals surface area contributed by atoms with Crippen LogP contribution in [-0.2, 0) is 9.53 Å². The maximum atomic E-state index is 13.2. The topological polar surface area (TPSA) is 119 Å². The van der Waals surface area contributed by atoms with E-state index in [0.29, 0.717) is 17.2 Å². The van der Waals surface area contributed by atoms with Crippen LogP contribution in [0.3, 0.4) is 0 Å². The third-order valence-corrected chi connectivity index (χ3v) is 5.22. The lowest BCUT2D eigenvalue weighted by Crippen LogP contribution is -2.44. The van der Waals surface area contributed by atoms with Gasteiger partial charge in [0.1, 0.15) is 24.0 Å². The molecular formula is C20H18ClN5O4S. The second-order valence-electron chi connectivity index (χ2n) is 6.98. The molecule has 2 aromatic rings. The Kier molecular flexibility index (Phi) is 6.40. The van der Waals surface area contributed by atoms with Gasteiger partial charge in [0.2, 0.25) is 0 Å². The van der Waals surface area contributed by atoms with E-state index in [0.717, 1.165) is 0 Å². The fourth-order valence-electron chi connectivity index (χ4n) is 3.05. The number of halogens is 1. The van der Waals surface area contributed by atoms with Crippen LogP contribution in [0, 0.1) is 11.3 Å². The van der Waals surface area contributed by atoms with E-state index >= 15 is 0 Å². The first-order valence-corrected chi connectivity index (χ1v) is 9.88. The van der Waals surface area contributed by atoms with Crippen LogP contribution in [0.4, 0.5) is 22.0 Å². The molecule has 0 radical (unpaired) electrons. The molecule has 0 atom stereocenters. The number of nitrogens with one attached hydrogen (secondary N) is 1.